The summed E-state index contributed by atoms with van der Waals surface area (Å²) in [4.78, 5) is 17.6. The van der Waals surface area contributed by atoms with Gasteiger partial charge in [0.15, 0.2) is 0 Å². The second kappa shape index (κ2) is 4.61. The average Bonchev–Trinajstić information content (AvgIpc) is 2.80. The van der Waals surface area contributed by atoms with Gasteiger partial charge < -0.3 is 10.0 Å². The molecule has 1 aromatic heterocycles. The number of aliphatic hydroxyl groups is 1. The SMILES string of the molecule is CC(C(=O)N1CCCC(O)C1)n1cncn1. The van der Waals surface area contributed by atoms with Gasteiger partial charge in [-0.3, -0.25) is 4.79 Å². The molecule has 2 unspecified atom stereocenters. The Balaban J connectivity index is 2.01. The van der Waals surface area contributed by atoms with E-state index in [-0.39, 0.29) is 18.1 Å². The summed E-state index contributed by atoms with van der Waals surface area (Å²) in [6.45, 7) is 2.94. The van der Waals surface area contributed by atoms with Crippen LogP contribution in [0.5, 0.6) is 0 Å². The number of piperidine rings is 1. The molecule has 1 saturated heterocycles. The van der Waals surface area contributed by atoms with Gasteiger partial charge in [0.2, 0.25) is 5.91 Å². The number of rotatable bonds is 2. The Labute approximate surface area is 93.9 Å². The van der Waals surface area contributed by atoms with Crippen molar-refractivity contribution in [1.82, 2.24) is 19.7 Å². The number of amides is 1. The molecule has 16 heavy (non-hydrogen) atoms. The van der Waals surface area contributed by atoms with Crippen molar-refractivity contribution in [2.75, 3.05) is 13.1 Å². The van der Waals surface area contributed by atoms with E-state index < -0.39 is 0 Å². The highest BCUT2D eigenvalue weighted by atomic mass is 16.3. The summed E-state index contributed by atoms with van der Waals surface area (Å²) >= 11 is 0. The third kappa shape index (κ3) is 2.21. The lowest BCUT2D eigenvalue weighted by molar-refractivity contribution is -0.137. The van der Waals surface area contributed by atoms with Gasteiger partial charge in [-0.2, -0.15) is 5.10 Å². The molecule has 0 bridgehead atoms. The highest BCUT2D eigenvalue weighted by Crippen LogP contribution is 2.14. The van der Waals surface area contributed by atoms with Crippen molar-refractivity contribution in [2.24, 2.45) is 0 Å². The Morgan fingerprint density at radius 2 is 2.44 bits per heavy atom. The molecule has 1 N–H and O–H groups in total. The highest BCUT2D eigenvalue weighted by molar-refractivity contribution is 5.80. The summed E-state index contributed by atoms with van der Waals surface area (Å²) in [5.74, 6) is -0.00995. The van der Waals surface area contributed by atoms with Crippen LogP contribution in [0, 0.1) is 0 Å². The number of nitrogens with zero attached hydrogens (tertiary/aromatic N) is 4. The second-order valence-electron chi connectivity index (χ2n) is 4.13. The van der Waals surface area contributed by atoms with E-state index in [1.54, 1.807) is 11.8 Å². The topological polar surface area (TPSA) is 71.2 Å². The molecule has 6 heteroatoms. The van der Waals surface area contributed by atoms with Crippen LogP contribution in [0.2, 0.25) is 0 Å². The lowest BCUT2D eigenvalue weighted by atomic mass is 10.1. The largest absolute Gasteiger partial charge is 0.391 e. The summed E-state index contributed by atoms with van der Waals surface area (Å²) < 4.78 is 1.53. The third-order valence-corrected chi connectivity index (χ3v) is 2.90. The van der Waals surface area contributed by atoms with E-state index in [9.17, 15) is 9.90 Å². The third-order valence-electron chi connectivity index (χ3n) is 2.90. The van der Waals surface area contributed by atoms with E-state index in [0.717, 1.165) is 19.4 Å². The van der Waals surface area contributed by atoms with Crippen LogP contribution >= 0.6 is 0 Å². The number of aliphatic hydroxyl groups excluding tert-OH is 1. The van der Waals surface area contributed by atoms with Gasteiger partial charge in [0.1, 0.15) is 18.7 Å². The van der Waals surface area contributed by atoms with Gasteiger partial charge in [0.05, 0.1) is 6.10 Å². The van der Waals surface area contributed by atoms with Crippen molar-refractivity contribution in [2.45, 2.75) is 31.9 Å². The minimum atomic E-state index is -0.388. The van der Waals surface area contributed by atoms with Crippen LogP contribution in [0.4, 0.5) is 0 Å². The molecule has 6 nitrogen and oxygen atoms in total. The number of hydrogen-bond donors (Lipinski definition) is 1. The number of aromatic nitrogens is 3. The molecule has 0 radical (unpaired) electrons. The molecule has 1 aliphatic rings. The minimum absolute atomic E-state index is 0.00995. The molecule has 2 heterocycles. The van der Waals surface area contributed by atoms with E-state index in [4.69, 9.17) is 0 Å². The molecular formula is C10H16N4O2. The maximum Gasteiger partial charge on any atom is 0.247 e. The molecule has 2 rings (SSSR count). The predicted octanol–water partition coefficient (Wildman–Crippen LogP) is -0.178. The van der Waals surface area contributed by atoms with Gasteiger partial charge in [0.25, 0.3) is 0 Å². The van der Waals surface area contributed by atoms with E-state index in [0.29, 0.717) is 6.54 Å². The number of carbonyl (C=O) groups is 1. The van der Waals surface area contributed by atoms with Crippen LogP contribution in [0.1, 0.15) is 25.8 Å². The second-order valence-corrected chi connectivity index (χ2v) is 4.13. The maximum absolute atomic E-state index is 12.1. The first-order valence-electron chi connectivity index (χ1n) is 5.49. The molecule has 1 aliphatic heterocycles. The molecular weight excluding hydrogens is 208 g/mol. The van der Waals surface area contributed by atoms with Crippen molar-refractivity contribution in [3.8, 4) is 0 Å². The zero-order valence-electron chi connectivity index (χ0n) is 9.28. The van der Waals surface area contributed by atoms with Crippen LogP contribution in [0.3, 0.4) is 0 Å². The van der Waals surface area contributed by atoms with Crippen molar-refractivity contribution >= 4 is 5.91 Å². The summed E-state index contributed by atoms with van der Waals surface area (Å²) in [7, 11) is 0. The Morgan fingerprint density at radius 1 is 1.62 bits per heavy atom. The fourth-order valence-corrected chi connectivity index (χ4v) is 1.95. The monoisotopic (exact) mass is 224 g/mol. The normalized spacial score (nSPS) is 23.1. The molecule has 0 aromatic carbocycles. The van der Waals surface area contributed by atoms with Gasteiger partial charge >= 0.3 is 0 Å². The fourth-order valence-electron chi connectivity index (χ4n) is 1.95. The van der Waals surface area contributed by atoms with Gasteiger partial charge in [-0.05, 0) is 19.8 Å². The minimum Gasteiger partial charge on any atom is -0.391 e. The standard InChI is InChI=1S/C10H16N4O2/c1-8(14-7-11-6-12-14)10(16)13-4-2-3-9(15)5-13/h6-9,15H,2-5H2,1H3. The Morgan fingerprint density at radius 3 is 3.06 bits per heavy atom. The Kier molecular flexibility index (Phi) is 3.19. The van der Waals surface area contributed by atoms with Gasteiger partial charge in [-0.25, -0.2) is 9.67 Å². The predicted molar refractivity (Wildman–Crippen MR) is 56.6 cm³/mol. The van der Waals surface area contributed by atoms with Crippen molar-refractivity contribution in [1.29, 1.82) is 0 Å². The van der Waals surface area contributed by atoms with Crippen molar-refractivity contribution in [3.63, 3.8) is 0 Å². The molecule has 0 aliphatic carbocycles. The highest BCUT2D eigenvalue weighted by Gasteiger charge is 2.26. The molecule has 1 aromatic rings. The van der Waals surface area contributed by atoms with Crippen LogP contribution < -0.4 is 0 Å². The maximum atomic E-state index is 12.1. The summed E-state index contributed by atoms with van der Waals surface area (Å²) in [6, 6.07) is -0.354. The first kappa shape index (κ1) is 11.1. The molecule has 0 spiro atoms. The number of hydrogen-bond acceptors (Lipinski definition) is 4. The van der Waals surface area contributed by atoms with Crippen molar-refractivity contribution in [3.05, 3.63) is 12.7 Å². The van der Waals surface area contributed by atoms with Gasteiger partial charge in [-0.1, -0.05) is 0 Å². The molecule has 0 saturated carbocycles. The summed E-state index contributed by atoms with van der Waals surface area (Å²) in [5, 5.41) is 13.5. The van der Waals surface area contributed by atoms with E-state index in [1.165, 1.54) is 17.3 Å². The fraction of sp³-hybridized carbons (Fsp3) is 0.700. The van der Waals surface area contributed by atoms with E-state index in [1.807, 2.05) is 0 Å². The summed E-state index contributed by atoms with van der Waals surface area (Å²) in [5.41, 5.74) is 0. The lowest BCUT2D eigenvalue weighted by Gasteiger charge is -2.31. The quantitative estimate of drug-likeness (QED) is 0.756. The Bertz CT molecular complexity index is 352. The van der Waals surface area contributed by atoms with Gasteiger partial charge in [0, 0.05) is 13.1 Å². The molecule has 2 atom stereocenters. The Hall–Kier alpha value is -1.43. The first-order chi connectivity index (χ1) is 7.68. The van der Waals surface area contributed by atoms with Crippen LogP contribution in [0.15, 0.2) is 12.7 Å². The molecule has 1 amide bonds. The van der Waals surface area contributed by atoms with Crippen LogP contribution in [-0.2, 0) is 4.79 Å². The lowest BCUT2D eigenvalue weighted by Crippen LogP contribution is -2.44. The van der Waals surface area contributed by atoms with Gasteiger partial charge in [-0.15, -0.1) is 0 Å². The molecule has 88 valence electrons. The smallest absolute Gasteiger partial charge is 0.247 e. The van der Waals surface area contributed by atoms with Crippen LogP contribution in [0.25, 0.3) is 0 Å². The number of likely N-dealkylation sites (tertiary alicyclic amines) is 1. The molecule has 1 fully saturated rings. The van der Waals surface area contributed by atoms with Crippen LogP contribution in [-0.4, -0.2) is 49.9 Å². The average molecular weight is 224 g/mol. The summed E-state index contributed by atoms with van der Waals surface area (Å²) in [6.07, 6.45) is 4.19. The number of β-amino-alcohol motifs (C(OH)–C–C–N with tert-alkyl or cyclic N) is 1. The first-order valence-corrected chi connectivity index (χ1v) is 5.49. The zero-order chi connectivity index (χ0) is 11.5. The van der Waals surface area contributed by atoms with E-state index >= 15 is 0 Å². The van der Waals surface area contributed by atoms with Crippen molar-refractivity contribution < 1.29 is 9.90 Å². The number of carbonyl (C=O) groups excluding carboxylic acids is 1. The zero-order valence-corrected chi connectivity index (χ0v) is 9.28. The van der Waals surface area contributed by atoms with E-state index in [2.05, 4.69) is 10.1 Å².